The van der Waals surface area contributed by atoms with Crippen molar-refractivity contribution in [2.75, 3.05) is 18.1 Å². The molecule has 0 unspecified atom stereocenters. The largest absolute Gasteiger partial charge is 0.465 e. The highest BCUT2D eigenvalue weighted by molar-refractivity contribution is 7.91. The van der Waals surface area contributed by atoms with E-state index in [0.29, 0.717) is 0 Å². The van der Waals surface area contributed by atoms with Gasteiger partial charge in [0, 0.05) is 0 Å². The van der Waals surface area contributed by atoms with E-state index in [4.69, 9.17) is 0 Å². The Morgan fingerprint density at radius 3 is 1.91 bits per heavy atom. The van der Waals surface area contributed by atoms with Crippen LogP contribution in [0.25, 0.3) is 0 Å². The first-order chi connectivity index (χ1) is 9.83. The minimum Gasteiger partial charge on any atom is -0.465 e. The van der Waals surface area contributed by atoms with E-state index in [1.807, 2.05) is 0 Å². The predicted molar refractivity (Wildman–Crippen MR) is 62.6 cm³/mol. The highest BCUT2D eigenvalue weighted by Crippen LogP contribution is 2.40. The summed E-state index contributed by atoms with van der Waals surface area (Å²) in [6.07, 6.45) is -11.0. The van der Waals surface area contributed by atoms with Gasteiger partial charge in [-0.2, -0.15) is 26.3 Å². The molecule has 0 N–H and O–H groups in total. The van der Waals surface area contributed by atoms with Gasteiger partial charge in [-0.05, 0) is 25.2 Å². The van der Waals surface area contributed by atoms with Crippen LogP contribution in [0.3, 0.4) is 0 Å². The summed E-state index contributed by atoms with van der Waals surface area (Å²) in [5, 5.41) is 0. The number of rotatable bonds is 4. The lowest BCUT2D eigenvalue weighted by molar-refractivity contribution is -0.281. The molecule has 1 rings (SSSR count). The van der Waals surface area contributed by atoms with Crippen LogP contribution in [0.5, 0.6) is 0 Å². The van der Waals surface area contributed by atoms with Crippen molar-refractivity contribution in [2.24, 2.45) is 11.8 Å². The highest BCUT2D eigenvalue weighted by Gasteiger charge is 2.62. The molecule has 0 aliphatic carbocycles. The van der Waals surface area contributed by atoms with E-state index in [-0.39, 0.29) is 36.7 Å². The van der Waals surface area contributed by atoms with Gasteiger partial charge in [0.1, 0.15) is 9.84 Å². The number of hydrogen-bond donors (Lipinski definition) is 0. The maximum Gasteiger partial charge on any atom is 0.411 e. The number of alkyl halides is 6. The Morgan fingerprint density at radius 1 is 1.05 bits per heavy atom. The number of sulfone groups is 1. The van der Waals surface area contributed by atoms with Crippen LogP contribution in [-0.2, 0) is 19.4 Å². The minimum atomic E-state index is -5.77. The van der Waals surface area contributed by atoms with Gasteiger partial charge in [-0.1, -0.05) is 0 Å². The average molecular weight is 356 g/mol. The van der Waals surface area contributed by atoms with E-state index in [0.717, 1.165) is 0 Å². The number of hydrogen-bond acceptors (Lipinski definition) is 4. The Hall–Kier alpha value is -1.00. The summed E-state index contributed by atoms with van der Waals surface area (Å²) >= 11 is 0. The second-order valence-electron chi connectivity index (χ2n) is 5.07. The number of carbonyl (C=O) groups excluding carboxylic acids is 1. The standard InChI is InChI=1S/C11H14F6O4S/c12-10(13,14)8(11(15,16)17)9(18)21-4-1-7-2-5-22(19,20)6-3-7/h7-8H,1-6H2. The fraction of sp³-hybridized carbons (Fsp3) is 0.909. The van der Waals surface area contributed by atoms with Crippen molar-refractivity contribution < 1.29 is 44.3 Å². The van der Waals surface area contributed by atoms with E-state index in [1.54, 1.807) is 0 Å². The molecular weight excluding hydrogens is 342 g/mol. The van der Waals surface area contributed by atoms with Gasteiger partial charge in [-0.3, -0.25) is 4.79 Å². The van der Waals surface area contributed by atoms with Gasteiger partial charge in [0.05, 0.1) is 18.1 Å². The minimum absolute atomic E-state index is 0.0314. The summed E-state index contributed by atoms with van der Waals surface area (Å²) in [6, 6.07) is 0. The van der Waals surface area contributed by atoms with Crippen LogP contribution in [0.15, 0.2) is 0 Å². The third kappa shape index (κ3) is 5.65. The van der Waals surface area contributed by atoms with Crippen LogP contribution in [0.4, 0.5) is 26.3 Å². The summed E-state index contributed by atoms with van der Waals surface area (Å²) in [4.78, 5) is 11.0. The molecule has 0 radical (unpaired) electrons. The lowest BCUT2D eigenvalue weighted by Crippen LogP contribution is -2.43. The number of halogens is 6. The van der Waals surface area contributed by atoms with E-state index >= 15 is 0 Å². The first kappa shape index (κ1) is 19.0. The Labute approximate surface area is 122 Å². The fourth-order valence-corrected chi connectivity index (χ4v) is 3.68. The highest BCUT2D eigenvalue weighted by atomic mass is 32.2. The Kier molecular flexibility index (Phi) is 5.74. The van der Waals surface area contributed by atoms with Gasteiger partial charge in [-0.25, -0.2) is 8.42 Å². The molecule has 0 amide bonds. The van der Waals surface area contributed by atoms with E-state index < -0.39 is 40.7 Å². The smallest absolute Gasteiger partial charge is 0.411 e. The summed E-state index contributed by atoms with van der Waals surface area (Å²) in [5.74, 6) is -6.92. The van der Waals surface area contributed by atoms with Crippen LogP contribution >= 0.6 is 0 Å². The van der Waals surface area contributed by atoms with Crippen molar-refractivity contribution in [1.29, 1.82) is 0 Å². The molecule has 22 heavy (non-hydrogen) atoms. The molecule has 1 saturated heterocycles. The lowest BCUT2D eigenvalue weighted by atomic mass is 9.99. The Bertz CT molecular complexity index is 468. The van der Waals surface area contributed by atoms with E-state index in [1.165, 1.54) is 0 Å². The predicted octanol–water partition coefficient (Wildman–Crippen LogP) is 2.49. The van der Waals surface area contributed by atoms with Crippen LogP contribution < -0.4 is 0 Å². The van der Waals surface area contributed by atoms with Crippen LogP contribution in [0.2, 0.25) is 0 Å². The molecule has 4 nitrogen and oxygen atoms in total. The first-order valence-electron chi connectivity index (χ1n) is 6.33. The second kappa shape index (κ2) is 6.63. The summed E-state index contributed by atoms with van der Waals surface area (Å²) in [6.45, 7) is -0.605. The number of carbonyl (C=O) groups is 1. The van der Waals surface area contributed by atoms with Crippen molar-refractivity contribution >= 4 is 15.8 Å². The molecule has 1 aliphatic rings. The van der Waals surface area contributed by atoms with E-state index in [9.17, 15) is 39.6 Å². The SMILES string of the molecule is O=C(OCCC1CCS(=O)(=O)CC1)C(C(F)(F)F)C(F)(F)F. The molecule has 11 heteroatoms. The lowest BCUT2D eigenvalue weighted by Gasteiger charge is -2.23. The Balaban J connectivity index is 2.48. The van der Waals surface area contributed by atoms with Crippen molar-refractivity contribution in [3.05, 3.63) is 0 Å². The van der Waals surface area contributed by atoms with Crippen molar-refractivity contribution in [2.45, 2.75) is 31.6 Å². The molecule has 1 heterocycles. The summed E-state index contributed by atoms with van der Waals surface area (Å²) in [5.41, 5.74) is 0. The van der Waals surface area contributed by atoms with Crippen LogP contribution in [-0.4, -0.2) is 44.9 Å². The molecule has 0 aromatic rings. The quantitative estimate of drug-likeness (QED) is 0.574. The van der Waals surface area contributed by atoms with Crippen molar-refractivity contribution in [1.82, 2.24) is 0 Å². The topological polar surface area (TPSA) is 60.4 Å². The van der Waals surface area contributed by atoms with Gasteiger partial charge >= 0.3 is 18.3 Å². The molecule has 0 aromatic carbocycles. The van der Waals surface area contributed by atoms with Crippen molar-refractivity contribution in [3.63, 3.8) is 0 Å². The molecular formula is C11H14F6O4S. The van der Waals surface area contributed by atoms with Crippen LogP contribution in [0, 0.1) is 11.8 Å². The maximum atomic E-state index is 12.2. The average Bonchev–Trinajstić information content (AvgIpc) is 2.27. The Morgan fingerprint density at radius 2 is 1.50 bits per heavy atom. The van der Waals surface area contributed by atoms with E-state index in [2.05, 4.69) is 4.74 Å². The molecule has 0 bridgehead atoms. The van der Waals surface area contributed by atoms with Gasteiger partial charge in [-0.15, -0.1) is 0 Å². The first-order valence-corrected chi connectivity index (χ1v) is 8.15. The van der Waals surface area contributed by atoms with Gasteiger partial charge < -0.3 is 4.74 Å². The molecule has 0 spiro atoms. The monoisotopic (exact) mass is 356 g/mol. The summed E-state index contributed by atoms with van der Waals surface area (Å²) in [7, 11) is -3.11. The summed E-state index contributed by atoms with van der Waals surface area (Å²) < 4.78 is 99.9. The molecule has 0 atom stereocenters. The van der Waals surface area contributed by atoms with Crippen molar-refractivity contribution in [3.8, 4) is 0 Å². The normalized spacial score (nSPS) is 20.1. The van der Waals surface area contributed by atoms with Gasteiger partial charge in [0.2, 0.25) is 5.92 Å². The molecule has 130 valence electrons. The maximum absolute atomic E-state index is 12.2. The molecule has 0 saturated carbocycles. The van der Waals surface area contributed by atoms with Gasteiger partial charge in [0.25, 0.3) is 0 Å². The van der Waals surface area contributed by atoms with Gasteiger partial charge in [0.15, 0.2) is 0 Å². The zero-order chi connectivity index (χ0) is 17.2. The molecule has 1 fully saturated rings. The third-order valence-corrected chi connectivity index (χ3v) is 5.05. The second-order valence-corrected chi connectivity index (χ2v) is 7.37. The van der Waals surface area contributed by atoms with Crippen LogP contribution in [0.1, 0.15) is 19.3 Å². The third-order valence-electron chi connectivity index (χ3n) is 3.33. The zero-order valence-corrected chi connectivity index (χ0v) is 12.0. The number of esters is 1. The molecule has 1 aliphatic heterocycles. The zero-order valence-electron chi connectivity index (χ0n) is 11.2. The fourth-order valence-electron chi connectivity index (χ4n) is 2.09. The number of ether oxygens (including phenoxy) is 1. The molecule has 0 aromatic heterocycles.